The van der Waals surface area contributed by atoms with E-state index >= 15 is 0 Å². The minimum absolute atomic E-state index is 0.285. The van der Waals surface area contributed by atoms with E-state index < -0.39 is 11.9 Å². The zero-order chi connectivity index (χ0) is 18.5. The number of H-pyrrole nitrogens is 1. The number of benzene rings is 2. The molecule has 132 valence electrons. The zero-order valence-corrected chi connectivity index (χ0v) is 15.6. The van der Waals surface area contributed by atoms with E-state index in [4.69, 9.17) is 0 Å². The third-order valence-corrected chi connectivity index (χ3v) is 4.41. The van der Waals surface area contributed by atoms with Crippen LogP contribution in [0.15, 0.2) is 65.1 Å². The van der Waals surface area contributed by atoms with Gasteiger partial charge in [0.25, 0.3) is 5.91 Å². The number of carbonyl (C=O) groups is 2. The summed E-state index contributed by atoms with van der Waals surface area (Å²) in [4.78, 5) is 24.8. The van der Waals surface area contributed by atoms with Crippen molar-refractivity contribution in [2.24, 2.45) is 0 Å². The molecule has 0 saturated heterocycles. The van der Waals surface area contributed by atoms with Gasteiger partial charge in [-0.3, -0.25) is 14.7 Å². The van der Waals surface area contributed by atoms with Crippen LogP contribution in [0, 0.1) is 0 Å². The first-order chi connectivity index (χ1) is 12.6. The summed E-state index contributed by atoms with van der Waals surface area (Å²) in [5.74, 6) is -0.699. The number of amides is 2. The molecule has 3 aromatic rings. The third-order valence-electron chi connectivity index (χ3n) is 3.88. The van der Waals surface area contributed by atoms with Gasteiger partial charge in [-0.2, -0.15) is 5.10 Å². The number of likely N-dealkylation sites (N-methyl/N-ethyl adjacent to an activating group) is 1. The standard InChI is InChI=1S/C19H17BrN4O2/c1-21-19(26)17(13-5-3-2-4-6-13)22-18(25)16-11-15(23-24-16)12-7-9-14(20)10-8-12/h2-11,17H,1H3,(H,21,26)(H,22,25)(H,23,24). The second-order valence-electron chi connectivity index (χ2n) is 5.61. The van der Waals surface area contributed by atoms with Crippen LogP contribution in [-0.4, -0.2) is 29.1 Å². The van der Waals surface area contributed by atoms with Gasteiger partial charge >= 0.3 is 0 Å². The van der Waals surface area contributed by atoms with Gasteiger partial charge in [0.2, 0.25) is 5.91 Å². The normalized spacial score (nSPS) is 11.6. The van der Waals surface area contributed by atoms with E-state index in [9.17, 15) is 9.59 Å². The van der Waals surface area contributed by atoms with Gasteiger partial charge in [-0.15, -0.1) is 0 Å². The van der Waals surface area contributed by atoms with Crippen LogP contribution in [0.3, 0.4) is 0 Å². The first-order valence-corrected chi connectivity index (χ1v) is 8.76. The molecule has 1 atom stereocenters. The molecule has 3 rings (SSSR count). The second-order valence-corrected chi connectivity index (χ2v) is 6.52. The predicted molar refractivity (Wildman–Crippen MR) is 102 cm³/mol. The van der Waals surface area contributed by atoms with E-state index in [1.165, 1.54) is 7.05 Å². The van der Waals surface area contributed by atoms with Crippen molar-refractivity contribution in [1.29, 1.82) is 0 Å². The van der Waals surface area contributed by atoms with E-state index in [1.54, 1.807) is 18.2 Å². The van der Waals surface area contributed by atoms with Crippen LogP contribution < -0.4 is 10.6 Å². The Bertz CT molecular complexity index is 907. The number of hydrogen-bond acceptors (Lipinski definition) is 3. The smallest absolute Gasteiger partial charge is 0.270 e. The Hall–Kier alpha value is -2.93. The SMILES string of the molecule is CNC(=O)C(NC(=O)c1cc(-c2ccc(Br)cc2)n[nH]1)c1ccccc1. The Kier molecular flexibility index (Phi) is 5.48. The summed E-state index contributed by atoms with van der Waals surface area (Å²) in [6.45, 7) is 0. The van der Waals surface area contributed by atoms with Gasteiger partial charge in [0.15, 0.2) is 0 Å². The first-order valence-electron chi connectivity index (χ1n) is 7.97. The fourth-order valence-electron chi connectivity index (χ4n) is 2.51. The van der Waals surface area contributed by atoms with E-state index in [0.717, 1.165) is 10.0 Å². The van der Waals surface area contributed by atoms with Crippen molar-refractivity contribution in [3.63, 3.8) is 0 Å². The fraction of sp³-hybridized carbons (Fsp3) is 0.105. The molecule has 0 bridgehead atoms. The number of aromatic nitrogens is 2. The highest BCUT2D eigenvalue weighted by Crippen LogP contribution is 2.21. The summed E-state index contributed by atoms with van der Waals surface area (Å²) in [6, 6.07) is 17.6. The van der Waals surface area contributed by atoms with Crippen molar-refractivity contribution in [2.45, 2.75) is 6.04 Å². The Balaban J connectivity index is 1.80. The van der Waals surface area contributed by atoms with Gasteiger partial charge in [0, 0.05) is 17.1 Å². The molecule has 1 aromatic heterocycles. The Labute approximate surface area is 159 Å². The number of carbonyl (C=O) groups excluding carboxylic acids is 2. The van der Waals surface area contributed by atoms with Crippen LogP contribution in [0.4, 0.5) is 0 Å². The van der Waals surface area contributed by atoms with Crippen molar-refractivity contribution in [3.05, 3.63) is 76.4 Å². The molecular formula is C19H17BrN4O2. The molecule has 0 fully saturated rings. The number of hydrogen-bond donors (Lipinski definition) is 3. The maximum Gasteiger partial charge on any atom is 0.270 e. The minimum atomic E-state index is -0.784. The van der Waals surface area contributed by atoms with Gasteiger partial charge < -0.3 is 10.6 Å². The maximum atomic E-state index is 12.6. The fourth-order valence-corrected chi connectivity index (χ4v) is 2.77. The molecule has 1 unspecified atom stereocenters. The van der Waals surface area contributed by atoms with E-state index in [1.807, 2.05) is 42.5 Å². The highest BCUT2D eigenvalue weighted by molar-refractivity contribution is 9.10. The quantitative estimate of drug-likeness (QED) is 0.601. The lowest BCUT2D eigenvalue weighted by molar-refractivity contribution is -0.122. The second kappa shape index (κ2) is 7.97. The van der Waals surface area contributed by atoms with Gasteiger partial charge in [0.05, 0.1) is 5.69 Å². The van der Waals surface area contributed by atoms with Crippen LogP contribution in [-0.2, 0) is 4.79 Å². The molecule has 1 heterocycles. The summed E-state index contributed by atoms with van der Waals surface area (Å²) in [7, 11) is 1.53. The molecule has 2 amide bonds. The minimum Gasteiger partial charge on any atom is -0.357 e. The monoisotopic (exact) mass is 412 g/mol. The molecular weight excluding hydrogens is 396 g/mol. The number of nitrogens with zero attached hydrogens (tertiary/aromatic N) is 1. The van der Waals surface area contributed by atoms with E-state index in [-0.39, 0.29) is 11.6 Å². The molecule has 6 nitrogen and oxygen atoms in total. The molecule has 0 aliphatic heterocycles. The summed E-state index contributed by atoms with van der Waals surface area (Å²) in [5.41, 5.74) is 2.52. The number of nitrogens with one attached hydrogen (secondary N) is 3. The summed E-state index contributed by atoms with van der Waals surface area (Å²) in [5, 5.41) is 12.2. The average molecular weight is 413 g/mol. The summed E-state index contributed by atoms with van der Waals surface area (Å²) >= 11 is 3.39. The third kappa shape index (κ3) is 4.00. The lowest BCUT2D eigenvalue weighted by atomic mass is 10.1. The molecule has 0 saturated carbocycles. The first kappa shape index (κ1) is 17.9. The average Bonchev–Trinajstić information content (AvgIpc) is 3.17. The van der Waals surface area contributed by atoms with Gasteiger partial charge in [-0.25, -0.2) is 0 Å². The lowest BCUT2D eigenvalue weighted by Crippen LogP contribution is -2.39. The number of rotatable bonds is 5. The van der Waals surface area contributed by atoms with Gasteiger partial charge in [-0.1, -0.05) is 58.4 Å². The molecule has 0 radical (unpaired) electrons. The Morgan fingerprint density at radius 1 is 1.08 bits per heavy atom. The number of aromatic amines is 1. The van der Waals surface area contributed by atoms with Crippen molar-refractivity contribution in [1.82, 2.24) is 20.8 Å². The molecule has 2 aromatic carbocycles. The lowest BCUT2D eigenvalue weighted by Gasteiger charge is -2.17. The zero-order valence-electron chi connectivity index (χ0n) is 14.0. The summed E-state index contributed by atoms with van der Waals surface area (Å²) < 4.78 is 0.964. The van der Waals surface area contributed by atoms with Crippen molar-refractivity contribution in [3.8, 4) is 11.3 Å². The molecule has 0 aliphatic rings. The number of halogens is 1. The van der Waals surface area contributed by atoms with E-state index in [0.29, 0.717) is 11.3 Å². The van der Waals surface area contributed by atoms with E-state index in [2.05, 4.69) is 36.8 Å². The van der Waals surface area contributed by atoms with Gasteiger partial charge in [0.1, 0.15) is 11.7 Å². The Morgan fingerprint density at radius 3 is 2.42 bits per heavy atom. The highest BCUT2D eigenvalue weighted by Gasteiger charge is 2.23. The van der Waals surface area contributed by atoms with Crippen molar-refractivity contribution >= 4 is 27.7 Å². The molecule has 7 heteroatoms. The van der Waals surface area contributed by atoms with Crippen molar-refractivity contribution in [2.75, 3.05) is 7.05 Å². The molecule has 0 spiro atoms. The van der Waals surface area contributed by atoms with Crippen LogP contribution in [0.25, 0.3) is 11.3 Å². The van der Waals surface area contributed by atoms with Crippen LogP contribution in [0.5, 0.6) is 0 Å². The Morgan fingerprint density at radius 2 is 1.77 bits per heavy atom. The van der Waals surface area contributed by atoms with Crippen molar-refractivity contribution < 1.29 is 9.59 Å². The summed E-state index contributed by atoms with van der Waals surface area (Å²) in [6.07, 6.45) is 0. The van der Waals surface area contributed by atoms with Gasteiger partial charge in [-0.05, 0) is 23.8 Å². The maximum absolute atomic E-state index is 12.6. The predicted octanol–water partition coefficient (Wildman–Crippen LogP) is 3.06. The molecule has 0 aliphatic carbocycles. The van der Waals surface area contributed by atoms with Crippen LogP contribution in [0.2, 0.25) is 0 Å². The highest BCUT2D eigenvalue weighted by atomic mass is 79.9. The topological polar surface area (TPSA) is 86.9 Å². The largest absolute Gasteiger partial charge is 0.357 e. The molecule has 3 N–H and O–H groups in total. The van der Waals surface area contributed by atoms with Crippen LogP contribution >= 0.6 is 15.9 Å². The molecule has 26 heavy (non-hydrogen) atoms. The van der Waals surface area contributed by atoms with Crippen LogP contribution in [0.1, 0.15) is 22.1 Å².